The Balaban J connectivity index is 1.88. The Bertz CT molecular complexity index is 396. The summed E-state index contributed by atoms with van der Waals surface area (Å²) in [5, 5.41) is 0. The van der Waals surface area contributed by atoms with E-state index in [1.807, 2.05) is 24.3 Å². The number of piperidine rings is 1. The molecule has 3 heterocycles. The summed E-state index contributed by atoms with van der Waals surface area (Å²) in [5.74, 6) is 0.0715. The number of benzene rings is 1. The van der Waals surface area contributed by atoms with Crippen molar-refractivity contribution in [2.75, 3.05) is 17.2 Å². The van der Waals surface area contributed by atoms with Crippen molar-refractivity contribution >= 4 is 17.3 Å². The summed E-state index contributed by atoms with van der Waals surface area (Å²) < 4.78 is 5.35. The van der Waals surface area contributed by atoms with E-state index in [4.69, 9.17) is 10.5 Å². The van der Waals surface area contributed by atoms with E-state index in [-0.39, 0.29) is 18.1 Å². The smallest absolute Gasteiger partial charge is 0.256 e. The summed E-state index contributed by atoms with van der Waals surface area (Å²) in [6.07, 6.45) is 0.899. The number of nitrogen functional groups attached to an aromatic ring is 1. The fourth-order valence-corrected chi connectivity index (χ4v) is 2.09. The van der Waals surface area contributed by atoms with Gasteiger partial charge in [0, 0.05) is 17.8 Å². The molecule has 1 aromatic carbocycles. The van der Waals surface area contributed by atoms with E-state index in [2.05, 4.69) is 0 Å². The molecule has 0 radical (unpaired) electrons. The van der Waals surface area contributed by atoms with Crippen LogP contribution >= 0.6 is 0 Å². The van der Waals surface area contributed by atoms with Gasteiger partial charge in [-0.1, -0.05) is 0 Å². The van der Waals surface area contributed by atoms with Crippen molar-refractivity contribution < 1.29 is 9.53 Å². The molecule has 1 amide bonds. The highest BCUT2D eigenvalue weighted by atomic mass is 16.5. The highest BCUT2D eigenvalue weighted by Gasteiger charge is 2.45. The monoisotopic (exact) mass is 204 g/mol. The normalized spacial score (nSPS) is 28.8. The molecule has 1 aromatic rings. The van der Waals surface area contributed by atoms with Crippen molar-refractivity contribution in [2.45, 2.75) is 18.6 Å². The minimum absolute atomic E-state index is 0.0715. The first-order chi connectivity index (χ1) is 7.24. The third-order valence-electron chi connectivity index (χ3n) is 2.97. The maximum absolute atomic E-state index is 11.8. The van der Waals surface area contributed by atoms with Gasteiger partial charge in [-0.05, 0) is 24.3 Å². The number of ether oxygens (including phenoxy) is 1. The largest absolute Gasteiger partial charge is 0.399 e. The first kappa shape index (κ1) is 8.73. The van der Waals surface area contributed by atoms with E-state index in [0.29, 0.717) is 12.2 Å². The van der Waals surface area contributed by atoms with E-state index in [1.165, 1.54) is 0 Å². The maximum Gasteiger partial charge on any atom is 0.256 e. The van der Waals surface area contributed by atoms with E-state index in [9.17, 15) is 4.79 Å². The number of nitrogens with zero attached hydrogens (tertiary/aromatic N) is 1. The van der Waals surface area contributed by atoms with Crippen LogP contribution in [0.1, 0.15) is 6.42 Å². The van der Waals surface area contributed by atoms with Crippen molar-refractivity contribution in [2.24, 2.45) is 0 Å². The summed E-state index contributed by atoms with van der Waals surface area (Å²) in [6, 6.07) is 7.36. The molecule has 4 heteroatoms. The molecule has 3 aliphatic heterocycles. The van der Waals surface area contributed by atoms with Crippen LogP contribution in [0.5, 0.6) is 0 Å². The lowest BCUT2D eigenvalue weighted by Gasteiger charge is -2.45. The van der Waals surface area contributed by atoms with Crippen LogP contribution in [0.2, 0.25) is 0 Å². The minimum atomic E-state index is -0.207. The highest BCUT2D eigenvalue weighted by molar-refractivity contribution is 5.98. The van der Waals surface area contributed by atoms with E-state index in [0.717, 1.165) is 12.1 Å². The second kappa shape index (κ2) is 2.97. The predicted molar refractivity (Wildman–Crippen MR) is 56.5 cm³/mol. The number of morpholine rings is 1. The summed E-state index contributed by atoms with van der Waals surface area (Å²) >= 11 is 0. The van der Waals surface area contributed by atoms with E-state index < -0.39 is 0 Å². The summed E-state index contributed by atoms with van der Waals surface area (Å²) in [4.78, 5) is 13.6. The Hall–Kier alpha value is -1.55. The Labute approximate surface area is 87.6 Å². The molecule has 3 aliphatic rings. The number of hydrogen-bond acceptors (Lipinski definition) is 3. The van der Waals surface area contributed by atoms with Gasteiger partial charge in [0.1, 0.15) is 6.10 Å². The molecule has 0 spiro atoms. The highest BCUT2D eigenvalue weighted by Crippen LogP contribution is 2.32. The van der Waals surface area contributed by atoms with Crippen molar-refractivity contribution in [1.82, 2.24) is 0 Å². The van der Waals surface area contributed by atoms with Crippen molar-refractivity contribution in [3.05, 3.63) is 24.3 Å². The molecule has 0 aromatic heterocycles. The molecular formula is C11H12N2O2. The molecule has 2 atom stereocenters. The lowest BCUT2D eigenvalue weighted by molar-refractivity contribution is -0.169. The van der Waals surface area contributed by atoms with Gasteiger partial charge in [-0.3, -0.25) is 4.79 Å². The van der Waals surface area contributed by atoms with Crippen molar-refractivity contribution in [3.8, 4) is 0 Å². The third kappa shape index (κ3) is 1.29. The number of fused-ring (bicyclic) bond motifs is 2. The van der Waals surface area contributed by atoms with Gasteiger partial charge >= 0.3 is 0 Å². The van der Waals surface area contributed by atoms with Crippen LogP contribution in [0.3, 0.4) is 0 Å². The van der Waals surface area contributed by atoms with Crippen LogP contribution in [-0.4, -0.2) is 24.7 Å². The van der Waals surface area contributed by atoms with Gasteiger partial charge in [0.2, 0.25) is 0 Å². The molecule has 2 unspecified atom stereocenters. The molecule has 2 bridgehead atoms. The SMILES string of the molecule is Nc1ccc(N2CC3CC(O3)C2=O)cc1. The molecule has 3 fully saturated rings. The van der Waals surface area contributed by atoms with Crippen LogP contribution in [0.4, 0.5) is 11.4 Å². The Morgan fingerprint density at radius 1 is 1.33 bits per heavy atom. The molecule has 78 valence electrons. The second-order valence-electron chi connectivity index (χ2n) is 4.02. The van der Waals surface area contributed by atoms with Gasteiger partial charge in [0.15, 0.2) is 0 Å². The number of hydrogen-bond donors (Lipinski definition) is 1. The van der Waals surface area contributed by atoms with Crippen LogP contribution in [0.25, 0.3) is 0 Å². The van der Waals surface area contributed by atoms with Gasteiger partial charge < -0.3 is 15.4 Å². The molecule has 0 saturated carbocycles. The summed E-state index contributed by atoms with van der Waals surface area (Å²) in [6.45, 7) is 0.666. The Morgan fingerprint density at radius 3 is 2.60 bits per heavy atom. The first-order valence-electron chi connectivity index (χ1n) is 5.06. The lowest BCUT2D eigenvalue weighted by Crippen LogP contribution is -2.61. The van der Waals surface area contributed by atoms with Gasteiger partial charge in [-0.25, -0.2) is 0 Å². The van der Waals surface area contributed by atoms with Crippen LogP contribution in [0.15, 0.2) is 24.3 Å². The maximum atomic E-state index is 11.8. The molecule has 4 rings (SSSR count). The molecule has 4 nitrogen and oxygen atoms in total. The quantitative estimate of drug-likeness (QED) is 0.687. The third-order valence-corrected chi connectivity index (χ3v) is 2.97. The standard InChI is InChI=1S/C11H12N2O2/c12-7-1-3-8(4-2-7)13-6-9-5-10(15-9)11(13)14/h1-4,9-10H,5-6,12H2. The van der Waals surface area contributed by atoms with Gasteiger partial charge in [-0.2, -0.15) is 0 Å². The summed E-state index contributed by atoms with van der Waals surface area (Å²) in [7, 11) is 0. The summed E-state index contributed by atoms with van der Waals surface area (Å²) in [5.41, 5.74) is 7.22. The topological polar surface area (TPSA) is 55.6 Å². The molecule has 2 N–H and O–H groups in total. The van der Waals surface area contributed by atoms with E-state index in [1.54, 1.807) is 4.90 Å². The molecule has 0 aliphatic carbocycles. The number of rotatable bonds is 1. The van der Waals surface area contributed by atoms with Crippen LogP contribution < -0.4 is 10.6 Å². The zero-order chi connectivity index (χ0) is 10.4. The average molecular weight is 204 g/mol. The number of amides is 1. The number of nitrogens with two attached hydrogens (primary N) is 1. The van der Waals surface area contributed by atoms with Gasteiger partial charge in [-0.15, -0.1) is 0 Å². The Kier molecular flexibility index (Phi) is 1.73. The predicted octanol–water partition coefficient (Wildman–Crippen LogP) is 0.773. The minimum Gasteiger partial charge on any atom is -0.399 e. The number of carbonyl (C=O) groups is 1. The van der Waals surface area contributed by atoms with Crippen molar-refractivity contribution in [3.63, 3.8) is 0 Å². The fourth-order valence-electron chi connectivity index (χ4n) is 2.09. The van der Waals surface area contributed by atoms with Crippen LogP contribution in [0, 0.1) is 0 Å². The van der Waals surface area contributed by atoms with Crippen LogP contribution in [-0.2, 0) is 9.53 Å². The van der Waals surface area contributed by atoms with Gasteiger partial charge in [0.05, 0.1) is 12.6 Å². The zero-order valence-electron chi connectivity index (χ0n) is 8.22. The average Bonchev–Trinajstić information content (AvgIpc) is 2.18. The molecule has 3 saturated heterocycles. The number of carbonyl (C=O) groups excluding carboxylic acids is 1. The molecular weight excluding hydrogens is 192 g/mol. The zero-order valence-corrected chi connectivity index (χ0v) is 8.22. The van der Waals surface area contributed by atoms with Crippen molar-refractivity contribution in [1.29, 1.82) is 0 Å². The Morgan fingerprint density at radius 2 is 2.00 bits per heavy atom. The first-order valence-corrected chi connectivity index (χ1v) is 5.06. The fraction of sp³-hybridized carbons (Fsp3) is 0.364. The number of anilines is 2. The van der Waals surface area contributed by atoms with E-state index >= 15 is 0 Å². The molecule has 15 heavy (non-hydrogen) atoms. The second-order valence-corrected chi connectivity index (χ2v) is 4.02. The lowest BCUT2D eigenvalue weighted by atomic mass is 9.97. The van der Waals surface area contributed by atoms with Gasteiger partial charge in [0.25, 0.3) is 5.91 Å².